The Bertz CT molecular complexity index is 261. The fourth-order valence-electron chi connectivity index (χ4n) is 3.13. The van der Waals surface area contributed by atoms with Crippen molar-refractivity contribution >= 4 is 5.91 Å². The first kappa shape index (κ1) is 11.9. The number of amides is 1. The lowest BCUT2D eigenvalue weighted by Gasteiger charge is -2.51. The van der Waals surface area contributed by atoms with Crippen LogP contribution in [0.1, 0.15) is 45.4 Å². The maximum atomic E-state index is 11.2. The molecule has 1 spiro atoms. The van der Waals surface area contributed by atoms with E-state index in [0.717, 1.165) is 6.54 Å². The number of likely N-dealkylation sites (N-methyl/N-ethyl adjacent to an activating group) is 1. The number of carbonyl (C=O) groups excluding carboxylic acids is 1. The summed E-state index contributed by atoms with van der Waals surface area (Å²) >= 11 is 0. The summed E-state index contributed by atoms with van der Waals surface area (Å²) in [6, 6.07) is 0.557. The smallest absolute Gasteiger partial charge is 0.219 e. The predicted octanol–water partition coefficient (Wildman–Crippen LogP) is 1.78. The summed E-state index contributed by atoms with van der Waals surface area (Å²) < 4.78 is 0. The molecule has 0 radical (unpaired) electrons. The highest BCUT2D eigenvalue weighted by Gasteiger charge is 2.42. The van der Waals surface area contributed by atoms with E-state index < -0.39 is 0 Å². The number of hydrogen-bond donors (Lipinski definition) is 1. The van der Waals surface area contributed by atoms with Gasteiger partial charge in [0.15, 0.2) is 0 Å². The van der Waals surface area contributed by atoms with E-state index >= 15 is 0 Å². The molecule has 1 saturated heterocycles. The van der Waals surface area contributed by atoms with Gasteiger partial charge in [-0.2, -0.15) is 0 Å². The van der Waals surface area contributed by atoms with E-state index in [1.54, 1.807) is 0 Å². The molecule has 3 heteroatoms. The molecule has 16 heavy (non-hydrogen) atoms. The van der Waals surface area contributed by atoms with Gasteiger partial charge in [-0.05, 0) is 38.1 Å². The second-order valence-corrected chi connectivity index (χ2v) is 5.62. The third kappa shape index (κ3) is 2.40. The van der Waals surface area contributed by atoms with Crippen molar-refractivity contribution in [2.24, 2.45) is 5.41 Å². The molecule has 1 unspecified atom stereocenters. The van der Waals surface area contributed by atoms with Crippen LogP contribution in [-0.4, -0.2) is 37.0 Å². The highest BCUT2D eigenvalue weighted by atomic mass is 16.1. The fourth-order valence-corrected chi connectivity index (χ4v) is 3.13. The summed E-state index contributed by atoms with van der Waals surface area (Å²) in [6.07, 6.45) is 7.48. The molecule has 2 fully saturated rings. The molecule has 1 aliphatic carbocycles. The van der Waals surface area contributed by atoms with E-state index in [1.807, 2.05) is 6.92 Å². The van der Waals surface area contributed by atoms with Gasteiger partial charge in [0.1, 0.15) is 0 Å². The second kappa shape index (κ2) is 4.74. The Kier molecular flexibility index (Phi) is 3.53. The number of carbonyl (C=O) groups is 1. The van der Waals surface area contributed by atoms with E-state index in [1.165, 1.54) is 38.6 Å². The van der Waals surface area contributed by atoms with Crippen LogP contribution >= 0.6 is 0 Å². The highest BCUT2D eigenvalue weighted by Crippen LogP contribution is 2.48. The van der Waals surface area contributed by atoms with Gasteiger partial charge in [-0.25, -0.2) is 0 Å². The minimum absolute atomic E-state index is 0.178. The Morgan fingerprint density at radius 2 is 2.19 bits per heavy atom. The van der Waals surface area contributed by atoms with Gasteiger partial charge in [0.2, 0.25) is 5.91 Å². The molecule has 1 N–H and O–H groups in total. The Hall–Kier alpha value is -0.570. The SMILES string of the molecule is CCC(=O)NCC1CCC2(CCC2)CN1C. The van der Waals surface area contributed by atoms with Gasteiger partial charge >= 0.3 is 0 Å². The van der Waals surface area contributed by atoms with E-state index in [0.29, 0.717) is 17.9 Å². The van der Waals surface area contributed by atoms with Crippen molar-refractivity contribution in [2.75, 3.05) is 20.1 Å². The lowest BCUT2D eigenvalue weighted by atomic mass is 9.63. The number of piperidine rings is 1. The number of nitrogens with one attached hydrogen (secondary N) is 1. The first-order chi connectivity index (χ1) is 7.65. The van der Waals surface area contributed by atoms with Crippen LogP contribution in [-0.2, 0) is 4.79 Å². The van der Waals surface area contributed by atoms with Crippen LogP contribution in [0.5, 0.6) is 0 Å². The first-order valence-corrected chi connectivity index (χ1v) is 6.62. The average molecular weight is 224 g/mol. The lowest BCUT2D eigenvalue weighted by molar-refractivity contribution is -0.121. The lowest BCUT2D eigenvalue weighted by Crippen LogP contribution is -2.53. The largest absolute Gasteiger partial charge is 0.355 e. The summed E-state index contributed by atoms with van der Waals surface area (Å²) in [4.78, 5) is 13.7. The van der Waals surface area contributed by atoms with Crippen molar-refractivity contribution in [3.63, 3.8) is 0 Å². The van der Waals surface area contributed by atoms with Crippen molar-refractivity contribution < 1.29 is 4.79 Å². The van der Waals surface area contributed by atoms with Crippen molar-refractivity contribution in [3.8, 4) is 0 Å². The van der Waals surface area contributed by atoms with Crippen molar-refractivity contribution in [1.29, 1.82) is 0 Å². The van der Waals surface area contributed by atoms with E-state index in [2.05, 4.69) is 17.3 Å². The van der Waals surface area contributed by atoms with Crippen LogP contribution < -0.4 is 5.32 Å². The Balaban J connectivity index is 1.77. The zero-order valence-electron chi connectivity index (χ0n) is 10.6. The average Bonchev–Trinajstić information content (AvgIpc) is 2.24. The Labute approximate surface area is 98.6 Å². The van der Waals surface area contributed by atoms with Gasteiger partial charge in [0.25, 0.3) is 0 Å². The summed E-state index contributed by atoms with van der Waals surface area (Å²) in [6.45, 7) is 3.97. The second-order valence-electron chi connectivity index (χ2n) is 5.62. The molecule has 92 valence electrons. The van der Waals surface area contributed by atoms with Crippen LogP contribution in [0.25, 0.3) is 0 Å². The Morgan fingerprint density at radius 1 is 1.44 bits per heavy atom. The van der Waals surface area contributed by atoms with Gasteiger partial charge in [-0.1, -0.05) is 13.3 Å². The molecule has 0 aromatic carbocycles. The fraction of sp³-hybridized carbons (Fsp3) is 0.923. The molecule has 1 heterocycles. The number of nitrogens with zero attached hydrogens (tertiary/aromatic N) is 1. The molecule has 3 nitrogen and oxygen atoms in total. The Morgan fingerprint density at radius 3 is 2.69 bits per heavy atom. The van der Waals surface area contributed by atoms with Crippen molar-refractivity contribution in [3.05, 3.63) is 0 Å². The van der Waals surface area contributed by atoms with Gasteiger partial charge in [0.05, 0.1) is 0 Å². The van der Waals surface area contributed by atoms with Crippen LogP contribution in [0.2, 0.25) is 0 Å². The van der Waals surface area contributed by atoms with Gasteiger partial charge in [-0.3, -0.25) is 4.79 Å². The maximum absolute atomic E-state index is 11.2. The zero-order chi connectivity index (χ0) is 11.6. The van der Waals surface area contributed by atoms with Crippen LogP contribution in [0.4, 0.5) is 0 Å². The molecule has 1 saturated carbocycles. The molecule has 0 aromatic rings. The summed E-state index contributed by atoms with van der Waals surface area (Å²) in [7, 11) is 2.21. The first-order valence-electron chi connectivity index (χ1n) is 6.62. The van der Waals surface area contributed by atoms with Gasteiger partial charge < -0.3 is 10.2 Å². The van der Waals surface area contributed by atoms with Crippen LogP contribution in [0.3, 0.4) is 0 Å². The van der Waals surface area contributed by atoms with Crippen molar-refractivity contribution in [2.45, 2.75) is 51.5 Å². The predicted molar refractivity (Wildman–Crippen MR) is 65.2 cm³/mol. The molecule has 2 aliphatic rings. The maximum Gasteiger partial charge on any atom is 0.219 e. The monoisotopic (exact) mass is 224 g/mol. The number of likely N-dealkylation sites (tertiary alicyclic amines) is 1. The zero-order valence-corrected chi connectivity index (χ0v) is 10.6. The summed E-state index contributed by atoms with van der Waals surface area (Å²) in [5, 5.41) is 3.02. The number of hydrogen-bond acceptors (Lipinski definition) is 2. The van der Waals surface area contributed by atoms with E-state index in [4.69, 9.17) is 0 Å². The molecule has 0 aromatic heterocycles. The molecular weight excluding hydrogens is 200 g/mol. The molecular formula is C13H24N2O. The van der Waals surface area contributed by atoms with Gasteiger partial charge in [-0.15, -0.1) is 0 Å². The normalized spacial score (nSPS) is 28.8. The third-order valence-electron chi connectivity index (χ3n) is 4.49. The molecule has 1 atom stereocenters. The summed E-state index contributed by atoms with van der Waals surface area (Å²) in [5.74, 6) is 0.178. The molecule has 1 amide bonds. The van der Waals surface area contributed by atoms with E-state index in [9.17, 15) is 4.79 Å². The number of rotatable bonds is 3. The minimum Gasteiger partial charge on any atom is -0.355 e. The molecule has 1 aliphatic heterocycles. The van der Waals surface area contributed by atoms with Gasteiger partial charge in [0, 0.05) is 25.6 Å². The van der Waals surface area contributed by atoms with Crippen molar-refractivity contribution in [1.82, 2.24) is 10.2 Å². The van der Waals surface area contributed by atoms with Crippen LogP contribution in [0, 0.1) is 5.41 Å². The quantitative estimate of drug-likeness (QED) is 0.792. The van der Waals surface area contributed by atoms with E-state index in [-0.39, 0.29) is 5.91 Å². The minimum atomic E-state index is 0.178. The van der Waals surface area contributed by atoms with Crippen LogP contribution in [0.15, 0.2) is 0 Å². The third-order valence-corrected chi connectivity index (χ3v) is 4.49. The summed E-state index contributed by atoms with van der Waals surface area (Å²) in [5.41, 5.74) is 0.653. The molecule has 0 bridgehead atoms. The highest BCUT2D eigenvalue weighted by molar-refractivity contribution is 5.75. The topological polar surface area (TPSA) is 32.3 Å². The molecule has 2 rings (SSSR count). The standard InChI is InChI=1S/C13H24N2O/c1-3-12(16)14-9-11-5-8-13(6-4-7-13)10-15(11)2/h11H,3-10H2,1-2H3,(H,14,16).